The molecule has 1 aliphatic carbocycles. The van der Waals surface area contributed by atoms with Gasteiger partial charge in [0.25, 0.3) is 0 Å². The van der Waals surface area contributed by atoms with Crippen molar-refractivity contribution in [3.05, 3.63) is 59.4 Å². The molecule has 0 heterocycles. The highest BCUT2D eigenvalue weighted by Crippen LogP contribution is 2.34. The molecule has 0 spiro atoms. The summed E-state index contributed by atoms with van der Waals surface area (Å²) in [5.41, 5.74) is 1.44. The molecule has 27 heavy (non-hydrogen) atoms. The Morgan fingerprint density at radius 1 is 0.815 bits per heavy atom. The van der Waals surface area contributed by atoms with Crippen molar-refractivity contribution in [2.24, 2.45) is 11.8 Å². The first kappa shape index (κ1) is 20.0. The first-order chi connectivity index (χ1) is 13.0. The van der Waals surface area contributed by atoms with Crippen molar-refractivity contribution in [2.45, 2.75) is 64.7 Å². The maximum absolute atomic E-state index is 14.5. The minimum absolute atomic E-state index is 0.238. The lowest BCUT2D eigenvalue weighted by atomic mass is 9.78. The molecule has 0 aliphatic heterocycles. The van der Waals surface area contributed by atoms with Crippen LogP contribution in [0, 0.1) is 29.3 Å². The van der Waals surface area contributed by atoms with Gasteiger partial charge in [-0.3, -0.25) is 0 Å². The number of rotatable bonds is 7. The van der Waals surface area contributed by atoms with E-state index in [1.54, 1.807) is 6.07 Å². The van der Waals surface area contributed by atoms with Gasteiger partial charge < -0.3 is 0 Å². The van der Waals surface area contributed by atoms with Crippen molar-refractivity contribution in [3.8, 4) is 11.1 Å². The van der Waals surface area contributed by atoms with Crippen LogP contribution in [0.4, 0.5) is 13.2 Å². The van der Waals surface area contributed by atoms with E-state index in [4.69, 9.17) is 0 Å². The normalized spacial score (nSPS) is 20.0. The first-order valence-electron chi connectivity index (χ1n) is 10.3. The van der Waals surface area contributed by atoms with Gasteiger partial charge in [0.15, 0.2) is 0 Å². The van der Waals surface area contributed by atoms with Gasteiger partial charge in [-0.15, -0.1) is 0 Å². The topological polar surface area (TPSA) is 0 Å². The van der Waals surface area contributed by atoms with Crippen molar-refractivity contribution >= 4 is 0 Å². The molecular weight excluding hydrogens is 345 g/mol. The number of benzene rings is 2. The second-order valence-electron chi connectivity index (χ2n) is 8.04. The lowest BCUT2D eigenvalue weighted by Gasteiger charge is -2.28. The van der Waals surface area contributed by atoms with Crippen LogP contribution in [0.2, 0.25) is 0 Å². The largest absolute Gasteiger partial charge is 0.207 e. The molecule has 1 aliphatic rings. The number of halogens is 3. The minimum Gasteiger partial charge on any atom is -0.207 e. The van der Waals surface area contributed by atoms with Gasteiger partial charge in [-0.05, 0) is 54.0 Å². The third kappa shape index (κ3) is 5.60. The number of hydrogen-bond acceptors (Lipinski definition) is 0. The average molecular weight is 374 g/mol. The summed E-state index contributed by atoms with van der Waals surface area (Å²) in [6, 6.07) is 8.17. The summed E-state index contributed by atoms with van der Waals surface area (Å²) in [6.45, 7) is 2.25. The van der Waals surface area contributed by atoms with Gasteiger partial charge in [-0.1, -0.05) is 64.0 Å². The van der Waals surface area contributed by atoms with Gasteiger partial charge >= 0.3 is 0 Å². The lowest BCUT2D eigenvalue weighted by Crippen LogP contribution is -2.15. The van der Waals surface area contributed by atoms with Crippen LogP contribution in [0.15, 0.2) is 36.4 Å². The van der Waals surface area contributed by atoms with Gasteiger partial charge in [0.2, 0.25) is 0 Å². The molecule has 0 unspecified atom stereocenters. The summed E-state index contributed by atoms with van der Waals surface area (Å²) in [7, 11) is 0. The number of unbranched alkanes of at least 4 members (excludes halogenated alkanes) is 1. The molecule has 3 rings (SSSR count). The van der Waals surface area contributed by atoms with E-state index in [0.717, 1.165) is 48.4 Å². The highest BCUT2D eigenvalue weighted by atomic mass is 19.1. The lowest BCUT2D eigenvalue weighted by molar-refractivity contribution is 0.250. The number of aryl methyl sites for hydroxylation is 1. The van der Waals surface area contributed by atoms with E-state index in [1.165, 1.54) is 51.0 Å². The molecule has 1 fully saturated rings. The van der Waals surface area contributed by atoms with E-state index in [1.807, 2.05) is 6.07 Å². The van der Waals surface area contributed by atoms with Crippen LogP contribution in [0.5, 0.6) is 0 Å². The van der Waals surface area contributed by atoms with E-state index in [-0.39, 0.29) is 11.1 Å². The summed E-state index contributed by atoms with van der Waals surface area (Å²) in [6.07, 6.45) is 11.2. The van der Waals surface area contributed by atoms with Crippen molar-refractivity contribution in [3.63, 3.8) is 0 Å². The molecular formula is C24H29F3. The Kier molecular flexibility index (Phi) is 6.98. The van der Waals surface area contributed by atoms with Crippen LogP contribution in [-0.4, -0.2) is 0 Å². The van der Waals surface area contributed by atoms with Crippen LogP contribution in [0.3, 0.4) is 0 Å². The maximum Gasteiger partial charge on any atom is 0.131 e. The number of hydrogen-bond donors (Lipinski definition) is 0. The SMILES string of the molecule is CCCCC1CCC(CCc2ccc(-c3cc(F)cc(F)c3)c(F)c2)CC1. The fraction of sp³-hybridized carbons (Fsp3) is 0.500. The van der Waals surface area contributed by atoms with Crippen molar-refractivity contribution in [1.82, 2.24) is 0 Å². The van der Waals surface area contributed by atoms with E-state index < -0.39 is 17.5 Å². The van der Waals surface area contributed by atoms with Crippen molar-refractivity contribution in [2.75, 3.05) is 0 Å². The fourth-order valence-electron chi connectivity index (χ4n) is 4.33. The third-order valence-electron chi connectivity index (χ3n) is 5.98. The molecule has 0 aromatic heterocycles. The van der Waals surface area contributed by atoms with Crippen molar-refractivity contribution in [1.29, 1.82) is 0 Å². The van der Waals surface area contributed by atoms with E-state index in [2.05, 4.69) is 6.92 Å². The van der Waals surface area contributed by atoms with E-state index >= 15 is 0 Å². The Morgan fingerprint density at radius 3 is 2.04 bits per heavy atom. The predicted octanol–water partition coefficient (Wildman–Crippen LogP) is 7.70. The van der Waals surface area contributed by atoms with Crippen molar-refractivity contribution < 1.29 is 13.2 Å². The molecule has 2 aromatic rings. The van der Waals surface area contributed by atoms with Crippen LogP contribution < -0.4 is 0 Å². The zero-order valence-corrected chi connectivity index (χ0v) is 16.1. The summed E-state index contributed by atoms with van der Waals surface area (Å²) >= 11 is 0. The highest BCUT2D eigenvalue weighted by molar-refractivity contribution is 5.64. The van der Waals surface area contributed by atoms with Crippen LogP contribution in [0.1, 0.15) is 63.9 Å². The minimum atomic E-state index is -0.692. The summed E-state index contributed by atoms with van der Waals surface area (Å²) < 4.78 is 41.3. The molecule has 0 amide bonds. The van der Waals surface area contributed by atoms with Gasteiger partial charge in [0.05, 0.1) is 0 Å². The molecule has 0 saturated heterocycles. The monoisotopic (exact) mass is 374 g/mol. The standard InChI is InChI=1S/C24H29F3/c1-2-3-4-17-5-7-18(8-6-17)9-10-19-11-12-23(24(27)13-19)20-14-21(25)16-22(26)15-20/h11-18H,2-10H2,1H3. The smallest absolute Gasteiger partial charge is 0.131 e. The average Bonchev–Trinajstić information content (AvgIpc) is 2.65. The third-order valence-corrected chi connectivity index (χ3v) is 5.98. The quantitative estimate of drug-likeness (QED) is 0.466. The maximum atomic E-state index is 14.5. The van der Waals surface area contributed by atoms with Crippen LogP contribution in [-0.2, 0) is 6.42 Å². The second-order valence-corrected chi connectivity index (χ2v) is 8.04. The predicted molar refractivity (Wildman–Crippen MR) is 105 cm³/mol. The molecule has 3 heteroatoms. The Hall–Kier alpha value is -1.77. The molecule has 0 nitrogen and oxygen atoms in total. The summed E-state index contributed by atoms with van der Waals surface area (Å²) in [4.78, 5) is 0. The van der Waals surface area contributed by atoms with Gasteiger partial charge in [-0.2, -0.15) is 0 Å². The Morgan fingerprint density at radius 2 is 1.44 bits per heavy atom. The molecule has 0 N–H and O–H groups in total. The van der Waals surface area contributed by atoms with Crippen LogP contribution >= 0.6 is 0 Å². The molecule has 1 saturated carbocycles. The van der Waals surface area contributed by atoms with E-state index in [9.17, 15) is 13.2 Å². The molecule has 0 radical (unpaired) electrons. The summed E-state index contributed by atoms with van der Waals surface area (Å²) in [5.74, 6) is -0.153. The molecule has 146 valence electrons. The van der Waals surface area contributed by atoms with Crippen LogP contribution in [0.25, 0.3) is 11.1 Å². The molecule has 0 bridgehead atoms. The molecule has 0 atom stereocenters. The van der Waals surface area contributed by atoms with Gasteiger partial charge in [-0.25, -0.2) is 13.2 Å². The zero-order valence-electron chi connectivity index (χ0n) is 16.1. The Bertz CT molecular complexity index is 725. The first-order valence-corrected chi connectivity index (χ1v) is 10.3. The van der Waals surface area contributed by atoms with Gasteiger partial charge in [0.1, 0.15) is 17.5 Å². The highest BCUT2D eigenvalue weighted by Gasteiger charge is 2.20. The Labute approximate surface area is 160 Å². The zero-order chi connectivity index (χ0) is 19.2. The fourth-order valence-corrected chi connectivity index (χ4v) is 4.33. The Balaban J connectivity index is 1.55. The molecule has 2 aromatic carbocycles. The summed E-state index contributed by atoms with van der Waals surface area (Å²) in [5, 5.41) is 0. The van der Waals surface area contributed by atoms with Gasteiger partial charge in [0, 0.05) is 11.6 Å². The van der Waals surface area contributed by atoms with E-state index in [0.29, 0.717) is 0 Å². The second kappa shape index (κ2) is 9.43.